The van der Waals surface area contributed by atoms with Crippen LogP contribution in [-0.2, 0) is 6.54 Å². The second kappa shape index (κ2) is 5.47. The molecule has 0 aliphatic rings. The molecule has 2 N–H and O–H groups in total. The Morgan fingerprint density at radius 2 is 2.12 bits per heavy atom. The van der Waals surface area contributed by atoms with E-state index in [1.54, 1.807) is 0 Å². The van der Waals surface area contributed by atoms with E-state index in [0.717, 1.165) is 28.7 Å². The summed E-state index contributed by atoms with van der Waals surface area (Å²) in [5.41, 5.74) is 8.44. The first kappa shape index (κ1) is 12.3. The highest BCUT2D eigenvalue weighted by Crippen LogP contribution is 2.26. The normalized spacial score (nSPS) is 12.6. The van der Waals surface area contributed by atoms with Gasteiger partial charge in [-0.05, 0) is 24.1 Å². The van der Waals surface area contributed by atoms with E-state index < -0.39 is 0 Å². The zero-order valence-corrected chi connectivity index (χ0v) is 11.4. The Bertz CT molecular complexity index is 493. The van der Waals surface area contributed by atoms with Gasteiger partial charge in [0.05, 0.1) is 11.7 Å². The highest BCUT2D eigenvalue weighted by Gasteiger charge is 2.15. The average Bonchev–Trinajstić information content (AvgIpc) is 2.78. The highest BCUT2D eigenvalue weighted by atomic mass is 79.9. The van der Waals surface area contributed by atoms with E-state index in [2.05, 4.69) is 28.0 Å². The van der Waals surface area contributed by atoms with Gasteiger partial charge in [-0.1, -0.05) is 41.1 Å². The fourth-order valence-corrected chi connectivity index (χ4v) is 2.42. The Morgan fingerprint density at radius 3 is 2.82 bits per heavy atom. The molecule has 1 atom stereocenters. The van der Waals surface area contributed by atoms with Crippen LogP contribution in [-0.4, -0.2) is 9.78 Å². The Balaban J connectivity index is 2.34. The van der Waals surface area contributed by atoms with Crippen molar-refractivity contribution in [1.82, 2.24) is 9.78 Å². The van der Waals surface area contributed by atoms with Crippen LogP contribution in [0.3, 0.4) is 0 Å². The maximum Gasteiger partial charge on any atom is 0.0734 e. The van der Waals surface area contributed by atoms with E-state index >= 15 is 0 Å². The van der Waals surface area contributed by atoms with Crippen molar-refractivity contribution in [2.75, 3.05) is 0 Å². The maximum atomic E-state index is 6.30. The summed E-state index contributed by atoms with van der Waals surface area (Å²) < 4.78 is 3.01. The number of halogens is 1. The summed E-state index contributed by atoms with van der Waals surface area (Å²) in [6.07, 6.45) is 2.86. The molecule has 1 aromatic heterocycles. The van der Waals surface area contributed by atoms with Crippen molar-refractivity contribution in [3.05, 3.63) is 52.3 Å². The van der Waals surface area contributed by atoms with Crippen LogP contribution in [0.25, 0.3) is 0 Å². The van der Waals surface area contributed by atoms with Gasteiger partial charge in [0.15, 0.2) is 0 Å². The van der Waals surface area contributed by atoms with Gasteiger partial charge in [-0.3, -0.25) is 4.68 Å². The lowest BCUT2D eigenvalue weighted by Crippen LogP contribution is -2.18. The van der Waals surface area contributed by atoms with E-state index in [1.165, 1.54) is 0 Å². The minimum atomic E-state index is -0.139. The van der Waals surface area contributed by atoms with Gasteiger partial charge in [-0.2, -0.15) is 5.10 Å². The second-order valence-electron chi connectivity index (χ2n) is 3.98. The van der Waals surface area contributed by atoms with Crippen molar-refractivity contribution < 1.29 is 0 Å². The monoisotopic (exact) mass is 293 g/mol. The summed E-state index contributed by atoms with van der Waals surface area (Å²) in [6, 6.07) is 9.89. The third-order valence-electron chi connectivity index (χ3n) is 2.74. The lowest BCUT2D eigenvalue weighted by Gasteiger charge is -2.15. The van der Waals surface area contributed by atoms with E-state index in [-0.39, 0.29) is 6.04 Å². The number of benzene rings is 1. The predicted molar refractivity (Wildman–Crippen MR) is 72.7 cm³/mol. The van der Waals surface area contributed by atoms with Crippen LogP contribution in [0.4, 0.5) is 0 Å². The Hall–Kier alpha value is -1.13. The standard InChI is InChI=1S/C13H16BrN3/c1-2-9-17-12(7-8-16-17)13(15)10-5-3-4-6-11(10)14/h3-8,13H,2,9,15H2,1H3. The lowest BCUT2D eigenvalue weighted by atomic mass is 10.0. The lowest BCUT2D eigenvalue weighted by molar-refractivity contribution is 0.559. The largest absolute Gasteiger partial charge is 0.319 e. The summed E-state index contributed by atoms with van der Waals surface area (Å²) in [5.74, 6) is 0. The molecule has 0 amide bonds. The first-order chi connectivity index (χ1) is 8.24. The van der Waals surface area contributed by atoms with Crippen molar-refractivity contribution >= 4 is 15.9 Å². The minimum Gasteiger partial charge on any atom is -0.319 e. The van der Waals surface area contributed by atoms with Gasteiger partial charge in [-0.15, -0.1) is 0 Å². The van der Waals surface area contributed by atoms with Gasteiger partial charge in [0, 0.05) is 17.2 Å². The number of hydrogen-bond acceptors (Lipinski definition) is 2. The number of aromatic nitrogens is 2. The molecule has 17 heavy (non-hydrogen) atoms. The summed E-state index contributed by atoms with van der Waals surface area (Å²) in [5, 5.41) is 4.30. The molecule has 1 aromatic carbocycles. The van der Waals surface area contributed by atoms with Gasteiger partial charge in [0.25, 0.3) is 0 Å². The highest BCUT2D eigenvalue weighted by molar-refractivity contribution is 9.10. The van der Waals surface area contributed by atoms with Crippen molar-refractivity contribution in [3.8, 4) is 0 Å². The average molecular weight is 294 g/mol. The van der Waals surface area contributed by atoms with Crippen LogP contribution in [0.1, 0.15) is 30.6 Å². The van der Waals surface area contributed by atoms with Crippen LogP contribution in [0.15, 0.2) is 41.0 Å². The Labute approximate surface area is 110 Å². The molecule has 0 spiro atoms. The van der Waals surface area contributed by atoms with Crippen LogP contribution in [0, 0.1) is 0 Å². The van der Waals surface area contributed by atoms with Crippen LogP contribution < -0.4 is 5.73 Å². The molecule has 2 aromatic rings. The number of rotatable bonds is 4. The third kappa shape index (κ3) is 2.58. The molecule has 1 unspecified atom stereocenters. The first-order valence-corrected chi connectivity index (χ1v) is 6.55. The molecule has 0 aliphatic carbocycles. The predicted octanol–water partition coefficient (Wildman–Crippen LogP) is 3.10. The van der Waals surface area contributed by atoms with Gasteiger partial charge < -0.3 is 5.73 Å². The Kier molecular flexibility index (Phi) is 3.97. The molecule has 0 fully saturated rings. The molecular formula is C13H16BrN3. The minimum absolute atomic E-state index is 0.139. The second-order valence-corrected chi connectivity index (χ2v) is 4.83. The van der Waals surface area contributed by atoms with Gasteiger partial charge in [-0.25, -0.2) is 0 Å². The molecular weight excluding hydrogens is 278 g/mol. The van der Waals surface area contributed by atoms with E-state index in [0.29, 0.717) is 0 Å². The van der Waals surface area contributed by atoms with Crippen molar-refractivity contribution in [1.29, 1.82) is 0 Å². The van der Waals surface area contributed by atoms with Gasteiger partial charge >= 0.3 is 0 Å². The molecule has 3 nitrogen and oxygen atoms in total. The number of nitrogens with two attached hydrogens (primary N) is 1. The molecule has 0 bridgehead atoms. The SMILES string of the molecule is CCCn1nccc1C(N)c1ccccc1Br. The number of aryl methyl sites for hydroxylation is 1. The molecule has 0 aliphatic heterocycles. The Morgan fingerprint density at radius 1 is 1.35 bits per heavy atom. The van der Waals surface area contributed by atoms with E-state index in [1.807, 2.05) is 41.2 Å². The van der Waals surface area contributed by atoms with E-state index in [4.69, 9.17) is 5.73 Å². The summed E-state index contributed by atoms with van der Waals surface area (Å²) in [4.78, 5) is 0. The van der Waals surface area contributed by atoms with Crippen molar-refractivity contribution in [2.24, 2.45) is 5.73 Å². The fraction of sp³-hybridized carbons (Fsp3) is 0.308. The molecule has 90 valence electrons. The van der Waals surface area contributed by atoms with E-state index in [9.17, 15) is 0 Å². The topological polar surface area (TPSA) is 43.8 Å². The zero-order chi connectivity index (χ0) is 12.3. The zero-order valence-electron chi connectivity index (χ0n) is 9.81. The van der Waals surface area contributed by atoms with Crippen LogP contribution in [0.2, 0.25) is 0 Å². The molecule has 0 saturated heterocycles. The smallest absolute Gasteiger partial charge is 0.0734 e. The number of hydrogen-bond donors (Lipinski definition) is 1. The molecule has 1 heterocycles. The fourth-order valence-electron chi connectivity index (χ4n) is 1.89. The van der Waals surface area contributed by atoms with Gasteiger partial charge in [0.2, 0.25) is 0 Å². The summed E-state index contributed by atoms with van der Waals surface area (Å²) in [7, 11) is 0. The van der Waals surface area contributed by atoms with Gasteiger partial charge in [0.1, 0.15) is 0 Å². The first-order valence-electron chi connectivity index (χ1n) is 5.75. The number of nitrogens with zero attached hydrogens (tertiary/aromatic N) is 2. The summed E-state index contributed by atoms with van der Waals surface area (Å²) >= 11 is 3.54. The van der Waals surface area contributed by atoms with Crippen LogP contribution >= 0.6 is 15.9 Å². The van der Waals surface area contributed by atoms with Crippen molar-refractivity contribution in [3.63, 3.8) is 0 Å². The quantitative estimate of drug-likeness (QED) is 0.941. The van der Waals surface area contributed by atoms with Crippen molar-refractivity contribution in [2.45, 2.75) is 25.9 Å². The third-order valence-corrected chi connectivity index (χ3v) is 3.47. The maximum absolute atomic E-state index is 6.30. The van der Waals surface area contributed by atoms with Crippen LogP contribution in [0.5, 0.6) is 0 Å². The molecule has 0 saturated carbocycles. The summed E-state index contributed by atoms with van der Waals surface area (Å²) in [6.45, 7) is 3.04. The molecule has 4 heteroatoms. The molecule has 2 rings (SSSR count). The molecule has 0 radical (unpaired) electrons.